The van der Waals surface area contributed by atoms with Crippen LogP contribution in [0.25, 0.3) is 0 Å². The minimum Gasteiger partial charge on any atom is -0.398 e. The summed E-state index contributed by atoms with van der Waals surface area (Å²) in [7, 11) is 0. The number of carbonyl (C=O) groups is 1. The minimum absolute atomic E-state index is 0.440. The first-order valence-corrected chi connectivity index (χ1v) is 7.01. The van der Waals surface area contributed by atoms with Gasteiger partial charge in [0, 0.05) is 30.0 Å². The van der Waals surface area contributed by atoms with Gasteiger partial charge in [0.15, 0.2) is 0 Å². The van der Waals surface area contributed by atoms with E-state index in [0.29, 0.717) is 17.8 Å². The van der Waals surface area contributed by atoms with E-state index in [9.17, 15) is 4.79 Å². The number of rotatable bonds is 5. The van der Waals surface area contributed by atoms with Crippen LogP contribution in [0.5, 0.6) is 0 Å². The quantitative estimate of drug-likeness (QED) is 0.829. The highest BCUT2D eigenvalue weighted by Crippen LogP contribution is 2.22. The molecule has 1 amide bonds. The number of carbonyl (C=O) groups excluding carboxylic acids is 1. The molecular formula is C17H21N3O. The maximum atomic E-state index is 11.2. The van der Waals surface area contributed by atoms with E-state index in [4.69, 9.17) is 11.5 Å². The fourth-order valence-electron chi connectivity index (χ4n) is 2.31. The van der Waals surface area contributed by atoms with Gasteiger partial charge in [-0.2, -0.15) is 0 Å². The van der Waals surface area contributed by atoms with Gasteiger partial charge in [0.2, 0.25) is 5.91 Å². The number of nitrogen functional groups attached to an aromatic ring is 1. The van der Waals surface area contributed by atoms with Crippen LogP contribution in [-0.4, -0.2) is 12.5 Å². The van der Waals surface area contributed by atoms with Crippen molar-refractivity contribution in [3.63, 3.8) is 0 Å². The number of amides is 1. The summed E-state index contributed by atoms with van der Waals surface area (Å²) in [6, 6.07) is 13.6. The first kappa shape index (κ1) is 14.9. The normalized spacial score (nSPS) is 10.4. The average Bonchev–Trinajstić information content (AvgIpc) is 2.45. The summed E-state index contributed by atoms with van der Waals surface area (Å²) in [5.74, 6) is -0.459. The van der Waals surface area contributed by atoms with Crippen LogP contribution in [0.1, 0.15) is 28.4 Å². The van der Waals surface area contributed by atoms with Crippen LogP contribution < -0.4 is 16.4 Å². The van der Waals surface area contributed by atoms with Crippen LogP contribution in [0.15, 0.2) is 42.5 Å². The zero-order chi connectivity index (χ0) is 15.4. The third-order valence-electron chi connectivity index (χ3n) is 3.54. The van der Waals surface area contributed by atoms with Crippen LogP contribution in [0.4, 0.5) is 11.4 Å². The third-order valence-corrected chi connectivity index (χ3v) is 3.54. The molecule has 0 saturated heterocycles. The van der Waals surface area contributed by atoms with Crippen LogP contribution in [0.3, 0.4) is 0 Å². The molecule has 0 saturated carbocycles. The number of anilines is 2. The first-order valence-electron chi connectivity index (χ1n) is 7.01. The number of primary amides is 1. The summed E-state index contributed by atoms with van der Waals surface area (Å²) in [5, 5.41) is 0. The van der Waals surface area contributed by atoms with Gasteiger partial charge in [-0.05, 0) is 49.2 Å². The average molecular weight is 283 g/mol. The molecule has 0 radical (unpaired) electrons. The lowest BCUT2D eigenvalue weighted by Gasteiger charge is -2.24. The van der Waals surface area contributed by atoms with Crippen molar-refractivity contribution in [2.45, 2.75) is 20.4 Å². The second kappa shape index (κ2) is 6.31. The molecule has 0 bridgehead atoms. The Kier molecular flexibility index (Phi) is 4.48. The topological polar surface area (TPSA) is 72.3 Å². The summed E-state index contributed by atoms with van der Waals surface area (Å²) >= 11 is 0. The molecule has 4 N–H and O–H groups in total. The van der Waals surface area contributed by atoms with Crippen LogP contribution >= 0.6 is 0 Å². The molecule has 2 aromatic carbocycles. The molecule has 0 heterocycles. The minimum atomic E-state index is -0.459. The van der Waals surface area contributed by atoms with Gasteiger partial charge in [-0.25, -0.2) is 0 Å². The fraction of sp³-hybridized carbons (Fsp3) is 0.235. The van der Waals surface area contributed by atoms with Crippen molar-refractivity contribution in [2.24, 2.45) is 5.73 Å². The van der Waals surface area contributed by atoms with Crippen molar-refractivity contribution in [3.8, 4) is 0 Å². The van der Waals surface area contributed by atoms with E-state index in [1.807, 2.05) is 12.1 Å². The van der Waals surface area contributed by atoms with Crippen molar-refractivity contribution in [1.82, 2.24) is 0 Å². The van der Waals surface area contributed by atoms with Gasteiger partial charge in [-0.3, -0.25) is 4.79 Å². The van der Waals surface area contributed by atoms with Crippen molar-refractivity contribution >= 4 is 17.3 Å². The van der Waals surface area contributed by atoms with Crippen molar-refractivity contribution < 1.29 is 4.79 Å². The summed E-state index contributed by atoms with van der Waals surface area (Å²) in [4.78, 5) is 13.4. The largest absolute Gasteiger partial charge is 0.398 e. The van der Waals surface area contributed by atoms with E-state index in [-0.39, 0.29) is 0 Å². The Morgan fingerprint density at radius 3 is 2.52 bits per heavy atom. The molecule has 2 aromatic rings. The van der Waals surface area contributed by atoms with E-state index in [0.717, 1.165) is 17.8 Å². The standard InChI is InChI=1S/C17H21N3O/c1-3-20(15-6-4-5-12(2)9-15)11-14-8-7-13(17(19)21)10-16(14)18/h4-10H,3,11,18H2,1-2H3,(H2,19,21). The van der Waals surface area contributed by atoms with Gasteiger partial charge in [0.1, 0.15) is 0 Å². The highest BCUT2D eigenvalue weighted by molar-refractivity contribution is 5.93. The van der Waals surface area contributed by atoms with Crippen molar-refractivity contribution in [3.05, 3.63) is 59.2 Å². The van der Waals surface area contributed by atoms with Crippen molar-refractivity contribution in [2.75, 3.05) is 17.2 Å². The molecule has 0 fully saturated rings. The molecule has 0 atom stereocenters. The molecule has 21 heavy (non-hydrogen) atoms. The van der Waals surface area contributed by atoms with Gasteiger partial charge in [0.05, 0.1) is 0 Å². The maximum Gasteiger partial charge on any atom is 0.248 e. The molecule has 0 aromatic heterocycles. The number of hydrogen-bond donors (Lipinski definition) is 2. The van der Waals surface area contributed by atoms with Gasteiger partial charge < -0.3 is 16.4 Å². The Labute approximate surface area is 125 Å². The zero-order valence-electron chi connectivity index (χ0n) is 12.5. The van der Waals surface area contributed by atoms with Crippen LogP contribution in [-0.2, 0) is 6.54 Å². The Morgan fingerprint density at radius 1 is 1.19 bits per heavy atom. The predicted molar refractivity (Wildman–Crippen MR) is 87.3 cm³/mol. The summed E-state index contributed by atoms with van der Waals surface area (Å²) in [6.07, 6.45) is 0. The van der Waals surface area contributed by atoms with Gasteiger partial charge in [-0.15, -0.1) is 0 Å². The SMILES string of the molecule is CCN(Cc1ccc(C(N)=O)cc1N)c1cccc(C)c1. The molecule has 0 aliphatic carbocycles. The van der Waals surface area contributed by atoms with Crippen LogP contribution in [0, 0.1) is 6.92 Å². The maximum absolute atomic E-state index is 11.2. The van der Waals surface area contributed by atoms with Gasteiger partial charge >= 0.3 is 0 Å². The molecular weight excluding hydrogens is 262 g/mol. The molecule has 4 nitrogen and oxygen atoms in total. The highest BCUT2D eigenvalue weighted by Gasteiger charge is 2.10. The first-order chi connectivity index (χ1) is 10.0. The van der Waals surface area contributed by atoms with E-state index in [1.165, 1.54) is 5.56 Å². The molecule has 0 unspecified atom stereocenters. The Morgan fingerprint density at radius 2 is 1.95 bits per heavy atom. The monoisotopic (exact) mass is 283 g/mol. The lowest BCUT2D eigenvalue weighted by Crippen LogP contribution is -2.23. The number of nitrogens with zero attached hydrogens (tertiary/aromatic N) is 1. The third kappa shape index (κ3) is 3.54. The van der Waals surface area contributed by atoms with Crippen molar-refractivity contribution in [1.29, 1.82) is 0 Å². The Hall–Kier alpha value is -2.49. The molecule has 110 valence electrons. The molecule has 0 aliphatic rings. The van der Waals surface area contributed by atoms with E-state index < -0.39 is 5.91 Å². The molecule has 2 rings (SSSR count). The zero-order valence-corrected chi connectivity index (χ0v) is 12.5. The van der Waals surface area contributed by atoms with E-state index in [2.05, 4.69) is 36.9 Å². The van der Waals surface area contributed by atoms with Crippen LogP contribution in [0.2, 0.25) is 0 Å². The van der Waals surface area contributed by atoms with E-state index in [1.54, 1.807) is 12.1 Å². The second-order valence-electron chi connectivity index (χ2n) is 5.13. The van der Waals surface area contributed by atoms with Gasteiger partial charge in [-0.1, -0.05) is 18.2 Å². The molecule has 0 spiro atoms. The summed E-state index contributed by atoms with van der Waals surface area (Å²) in [6.45, 7) is 5.76. The number of aryl methyl sites for hydroxylation is 1. The lowest BCUT2D eigenvalue weighted by atomic mass is 10.1. The summed E-state index contributed by atoms with van der Waals surface area (Å²) < 4.78 is 0. The van der Waals surface area contributed by atoms with Gasteiger partial charge in [0.25, 0.3) is 0 Å². The number of nitrogens with two attached hydrogens (primary N) is 2. The highest BCUT2D eigenvalue weighted by atomic mass is 16.1. The molecule has 4 heteroatoms. The van der Waals surface area contributed by atoms with E-state index >= 15 is 0 Å². The molecule has 0 aliphatic heterocycles. The smallest absolute Gasteiger partial charge is 0.248 e. The summed E-state index contributed by atoms with van der Waals surface area (Å²) in [5.41, 5.74) is 15.7. The Bertz CT molecular complexity index is 652. The second-order valence-corrected chi connectivity index (χ2v) is 5.13. The Balaban J connectivity index is 2.25. The predicted octanol–water partition coefficient (Wildman–Crippen LogP) is 2.70. The lowest BCUT2D eigenvalue weighted by molar-refractivity contribution is 0.100. The fourth-order valence-corrected chi connectivity index (χ4v) is 2.31. The number of hydrogen-bond acceptors (Lipinski definition) is 3. The number of benzene rings is 2.